The van der Waals surface area contributed by atoms with Gasteiger partial charge in [-0.1, -0.05) is 59.5 Å². The number of benzene rings is 4. The molecule has 0 aliphatic rings. The first-order valence-corrected chi connectivity index (χ1v) is 25.8. The molecule has 5 heterocycles. The van der Waals surface area contributed by atoms with Crippen LogP contribution in [0.4, 0.5) is 0 Å². The summed E-state index contributed by atoms with van der Waals surface area (Å²) < 4.78 is 27.1. The smallest absolute Gasteiger partial charge is 0.216 e. The van der Waals surface area contributed by atoms with Crippen molar-refractivity contribution in [3.05, 3.63) is 158 Å². The van der Waals surface area contributed by atoms with Gasteiger partial charge in [-0.2, -0.15) is 0 Å². The van der Waals surface area contributed by atoms with Crippen molar-refractivity contribution >= 4 is 50.8 Å². The van der Waals surface area contributed by atoms with E-state index < -0.39 is 25.1 Å². The Hall–Kier alpha value is -5.21. The molecule has 0 spiro atoms. The van der Waals surface area contributed by atoms with Crippen LogP contribution in [-0.2, 0) is 26.5 Å². The maximum atomic E-state index is 8.76. The van der Waals surface area contributed by atoms with Crippen LogP contribution in [0.25, 0.3) is 72.7 Å². The fourth-order valence-corrected chi connectivity index (χ4v) is 9.67. The predicted molar refractivity (Wildman–Crippen MR) is 228 cm³/mol. The quantitative estimate of drug-likeness (QED) is 0.123. The molecule has 9 rings (SSSR count). The average molecular weight is 973 g/mol. The van der Waals surface area contributed by atoms with Crippen LogP contribution in [-0.4, -0.2) is 37.8 Å². The van der Waals surface area contributed by atoms with Crippen molar-refractivity contribution in [1.29, 1.82) is 0 Å². The molecular weight excluding hydrogens is 927 g/mol. The molecule has 0 saturated heterocycles. The zero-order valence-corrected chi connectivity index (χ0v) is 36.7. The third-order valence-electron chi connectivity index (χ3n) is 9.27. The van der Waals surface area contributed by atoms with Gasteiger partial charge >= 0.3 is 135 Å². The minimum absolute atomic E-state index is 0. The van der Waals surface area contributed by atoms with E-state index >= 15 is 0 Å². The van der Waals surface area contributed by atoms with E-state index in [4.69, 9.17) is 17.1 Å². The molecule has 9 aromatic rings. The number of pyridine rings is 3. The molecule has 0 saturated carbocycles. The van der Waals surface area contributed by atoms with Gasteiger partial charge in [-0.15, -0.1) is 18.2 Å². The van der Waals surface area contributed by atoms with E-state index in [9.17, 15) is 0 Å². The van der Waals surface area contributed by atoms with Gasteiger partial charge in [-0.3, -0.25) is 9.97 Å². The Kier molecular flexibility index (Phi) is 10.5. The van der Waals surface area contributed by atoms with Crippen molar-refractivity contribution < 1.29 is 27.3 Å². The molecule has 0 amide bonds. The molecule has 1 radical (unpaired) electrons. The average Bonchev–Trinajstić information content (AvgIpc) is 3.80. The van der Waals surface area contributed by atoms with Gasteiger partial charge in [0.1, 0.15) is 0 Å². The van der Waals surface area contributed by atoms with Gasteiger partial charge in [0, 0.05) is 42.9 Å². The summed E-state index contributed by atoms with van der Waals surface area (Å²) in [5, 5.41) is 1.95. The van der Waals surface area contributed by atoms with Gasteiger partial charge in [-0.25, -0.2) is 4.98 Å². The monoisotopic (exact) mass is 974 g/mol. The number of furan rings is 1. The van der Waals surface area contributed by atoms with E-state index in [0.29, 0.717) is 5.71 Å². The van der Waals surface area contributed by atoms with Crippen LogP contribution in [0.3, 0.4) is 0 Å². The number of nitrogens with zero attached hydrogens (tertiary/aromatic N) is 5. The molecule has 0 aliphatic carbocycles. The normalized spacial score (nSPS) is 12.5. The molecule has 6 nitrogen and oxygen atoms in total. The van der Waals surface area contributed by atoms with Gasteiger partial charge in [0.2, 0.25) is 5.71 Å². The number of aromatic nitrogens is 5. The van der Waals surface area contributed by atoms with E-state index in [-0.39, 0.29) is 20.1 Å². The summed E-state index contributed by atoms with van der Waals surface area (Å²) in [5.41, 5.74) is 8.85. The number of fused-ring (bicyclic) bond motifs is 4. The molecule has 281 valence electrons. The minimum atomic E-state index is -2.24. The van der Waals surface area contributed by atoms with Crippen molar-refractivity contribution in [2.45, 2.75) is 44.4 Å². The molecule has 4 aromatic carbocycles. The Morgan fingerprint density at radius 2 is 1.52 bits per heavy atom. The van der Waals surface area contributed by atoms with Crippen molar-refractivity contribution in [2.24, 2.45) is 5.41 Å². The van der Waals surface area contributed by atoms with E-state index in [1.807, 2.05) is 136 Å². The molecule has 8 heteroatoms. The fourth-order valence-electron chi connectivity index (χ4n) is 6.75. The number of para-hydroxylation sites is 1. The summed E-state index contributed by atoms with van der Waals surface area (Å²) in [6.07, 6.45) is 4.10. The third-order valence-corrected chi connectivity index (χ3v) is 13.5. The first kappa shape index (κ1) is 36.4. The number of rotatable bonds is 6. The Balaban J connectivity index is 0.000000188. The van der Waals surface area contributed by atoms with Gasteiger partial charge in [0.15, 0.2) is 0 Å². The van der Waals surface area contributed by atoms with E-state index in [0.717, 1.165) is 76.9 Å². The Morgan fingerprint density at radius 1 is 0.768 bits per heavy atom. The van der Waals surface area contributed by atoms with Crippen LogP contribution >= 0.6 is 0 Å². The van der Waals surface area contributed by atoms with Crippen molar-refractivity contribution in [2.75, 3.05) is 0 Å². The predicted octanol–water partition coefficient (Wildman–Crippen LogP) is 11.5. The van der Waals surface area contributed by atoms with Crippen molar-refractivity contribution in [1.82, 2.24) is 24.5 Å². The third kappa shape index (κ3) is 8.17. The second kappa shape index (κ2) is 16.1. The summed E-state index contributed by atoms with van der Waals surface area (Å²) in [6.45, 7) is 5.88. The summed E-state index contributed by atoms with van der Waals surface area (Å²) in [7, 11) is 0. The van der Waals surface area contributed by atoms with E-state index in [1.165, 1.54) is 0 Å². The zero-order valence-electron chi connectivity index (χ0n) is 34.3. The van der Waals surface area contributed by atoms with Gasteiger partial charge in [-0.05, 0) is 30.3 Å². The number of hydrogen-bond acceptors (Lipinski definition) is 5. The molecular formula is C48H43GeIrN5O-2. The first-order valence-electron chi connectivity index (χ1n) is 19.5. The Bertz CT molecular complexity index is 2850. The van der Waals surface area contributed by atoms with Gasteiger partial charge < -0.3 is 8.98 Å². The molecule has 0 aliphatic heterocycles. The van der Waals surface area contributed by atoms with Crippen LogP contribution in [0.2, 0.25) is 17.3 Å². The van der Waals surface area contributed by atoms with Crippen LogP contribution in [0, 0.1) is 17.5 Å². The van der Waals surface area contributed by atoms with E-state index in [2.05, 4.69) is 62.1 Å². The SMILES string of the molecule is [2H]C([2H])(c1cc(-c2[c-]cccc2)nc[c]1[Ge]([CH3])([CH3])[CH3])C(C)(C)C.[Ir].[c-]1ccc2c(oc3nc(-c4ccccc4)ccc32)c1-c1nc2ccncc2n1-c1ccccc1. The molecule has 0 N–H and O–H groups in total. The summed E-state index contributed by atoms with van der Waals surface area (Å²) in [4.78, 5) is 18.7. The van der Waals surface area contributed by atoms with Crippen LogP contribution in [0.1, 0.15) is 29.1 Å². The second-order valence-electron chi connectivity index (χ2n) is 15.6. The molecule has 0 unspecified atom stereocenters. The Morgan fingerprint density at radius 3 is 2.23 bits per heavy atom. The summed E-state index contributed by atoms with van der Waals surface area (Å²) in [6, 6.07) is 46.5. The standard InChI is InChI=1S/C29H17N4O.C19H26GeN.Ir/c1-3-8-19(9-4-1)24-15-14-22-21-12-7-13-23(27(21)34-29(22)32-24)28-31-25-16-17-30-18-26(25)33(28)20-10-5-2-6-11-20;1-19(2,3)13-16-12-18(15-10-8-7-9-11-15)21-14-17(16)20(4,5)6;/h1-12,14-18H;7-10,12,14H,13H2,1-6H3;/q2*-1;/i;13D2;. The number of imidazole rings is 1. The Labute approximate surface area is 347 Å². The van der Waals surface area contributed by atoms with Crippen LogP contribution < -0.4 is 4.40 Å². The maximum Gasteiger partial charge on any atom is 0.216 e. The second-order valence-corrected chi connectivity index (χ2v) is 26.2. The minimum Gasteiger partial charge on any atom is -0.486 e. The maximum absolute atomic E-state index is 8.76. The molecule has 56 heavy (non-hydrogen) atoms. The van der Waals surface area contributed by atoms with Gasteiger partial charge in [0.05, 0.1) is 34.3 Å². The zero-order chi connectivity index (χ0) is 40.0. The first-order chi connectivity index (χ1) is 27.3. The number of hydrogen-bond donors (Lipinski definition) is 0. The topological polar surface area (TPSA) is 69.6 Å². The van der Waals surface area contributed by atoms with Crippen LogP contribution in [0.5, 0.6) is 0 Å². The van der Waals surface area contributed by atoms with Gasteiger partial charge in [0.25, 0.3) is 0 Å². The summed E-state index contributed by atoms with van der Waals surface area (Å²) in [5.74, 6) is 7.61. The molecule has 0 fully saturated rings. The molecule has 0 atom stereocenters. The molecule has 0 bridgehead atoms. The molecule has 5 aromatic heterocycles. The van der Waals surface area contributed by atoms with Crippen LogP contribution in [0.15, 0.2) is 144 Å². The van der Waals surface area contributed by atoms with Crippen molar-refractivity contribution in [3.63, 3.8) is 0 Å². The van der Waals surface area contributed by atoms with Crippen molar-refractivity contribution in [3.8, 4) is 39.6 Å². The fraction of sp³-hybridized carbons (Fsp3) is 0.167. The van der Waals surface area contributed by atoms with E-state index in [1.54, 1.807) is 6.20 Å². The largest absolute Gasteiger partial charge is 0.486 e. The summed E-state index contributed by atoms with van der Waals surface area (Å²) >= 11 is -2.24.